The van der Waals surface area contributed by atoms with Crippen molar-refractivity contribution in [3.8, 4) is 5.82 Å². The van der Waals surface area contributed by atoms with Crippen LogP contribution in [0.3, 0.4) is 0 Å². The summed E-state index contributed by atoms with van der Waals surface area (Å²) < 4.78 is 3.58. The Hall–Kier alpha value is -2.15. The lowest BCUT2D eigenvalue weighted by Crippen LogP contribution is -2.41. The highest BCUT2D eigenvalue weighted by Gasteiger charge is 2.52. The quantitative estimate of drug-likeness (QED) is 0.834. The Bertz CT molecular complexity index is 912. The summed E-state index contributed by atoms with van der Waals surface area (Å²) in [5, 5.41) is 23.2. The Balaban J connectivity index is 1.44. The first-order valence-corrected chi connectivity index (χ1v) is 10.9. The summed E-state index contributed by atoms with van der Waals surface area (Å²) in [6.07, 6.45) is 11.0. The van der Waals surface area contributed by atoms with Crippen LogP contribution >= 0.6 is 0 Å². The van der Waals surface area contributed by atoms with Crippen molar-refractivity contribution < 1.29 is 9.90 Å². The van der Waals surface area contributed by atoms with Crippen molar-refractivity contribution in [2.24, 2.45) is 17.8 Å². The van der Waals surface area contributed by atoms with Gasteiger partial charge in [-0.1, -0.05) is 0 Å². The molecule has 5 rings (SSSR count). The summed E-state index contributed by atoms with van der Waals surface area (Å²) in [5.41, 5.74) is -0.242. The normalized spacial score (nSPS) is 33.7. The van der Waals surface area contributed by atoms with Crippen LogP contribution in [-0.2, 0) is 5.54 Å². The number of aliphatic hydroxyl groups is 1. The lowest BCUT2D eigenvalue weighted by molar-refractivity contribution is -0.0247. The van der Waals surface area contributed by atoms with Crippen molar-refractivity contribution in [2.45, 2.75) is 76.5 Å². The van der Waals surface area contributed by atoms with Crippen LogP contribution in [0.5, 0.6) is 0 Å². The molecule has 0 spiro atoms. The monoisotopic (exact) mass is 397 g/mol. The van der Waals surface area contributed by atoms with E-state index in [0.717, 1.165) is 32.1 Å². The van der Waals surface area contributed by atoms with Crippen molar-refractivity contribution in [1.29, 1.82) is 0 Å². The first-order chi connectivity index (χ1) is 13.7. The van der Waals surface area contributed by atoms with Crippen LogP contribution < -0.4 is 5.32 Å². The summed E-state index contributed by atoms with van der Waals surface area (Å²) in [6, 6.07) is 1.97. The standard InChI is InChI=1S/C22H31N5O2/c1-21(2,3)27-20(26-8-4-7-23-26)17(13-24-27)19(28)25-18-5-6-22(29)11-14-9-15(12-22)16(18)10-14/h4,7-8,13-16,18,29H,5-6,9-12H2,1-3H3,(H,25,28). The highest BCUT2D eigenvalue weighted by atomic mass is 16.3. The summed E-state index contributed by atoms with van der Waals surface area (Å²) in [7, 11) is 0. The van der Waals surface area contributed by atoms with Crippen LogP contribution in [0.1, 0.15) is 69.7 Å². The third kappa shape index (κ3) is 3.19. The fraction of sp³-hybridized carbons (Fsp3) is 0.682. The van der Waals surface area contributed by atoms with E-state index in [9.17, 15) is 9.90 Å². The molecule has 0 aromatic carbocycles. The number of carbonyl (C=O) groups is 1. The lowest BCUT2D eigenvalue weighted by Gasteiger charge is -2.35. The van der Waals surface area contributed by atoms with Gasteiger partial charge in [0.2, 0.25) is 0 Å². The highest BCUT2D eigenvalue weighted by Crippen LogP contribution is 2.55. The Morgan fingerprint density at radius 2 is 2.10 bits per heavy atom. The number of nitrogens with one attached hydrogen (secondary N) is 1. The van der Waals surface area contributed by atoms with Crippen LogP contribution in [0.2, 0.25) is 0 Å². The molecule has 3 fully saturated rings. The largest absolute Gasteiger partial charge is 0.390 e. The third-order valence-corrected chi connectivity index (χ3v) is 7.26. The van der Waals surface area contributed by atoms with Gasteiger partial charge in [-0.3, -0.25) is 4.79 Å². The predicted octanol–water partition coefficient (Wildman–Crippen LogP) is 2.88. The summed E-state index contributed by atoms with van der Waals surface area (Å²) in [4.78, 5) is 13.4. The summed E-state index contributed by atoms with van der Waals surface area (Å²) in [6.45, 7) is 6.20. The fourth-order valence-corrected chi connectivity index (χ4v) is 6.15. The number of rotatable bonds is 3. The minimum Gasteiger partial charge on any atom is -0.390 e. The Morgan fingerprint density at radius 1 is 1.28 bits per heavy atom. The van der Waals surface area contributed by atoms with E-state index in [1.165, 1.54) is 6.42 Å². The van der Waals surface area contributed by atoms with Crippen molar-refractivity contribution in [1.82, 2.24) is 24.9 Å². The van der Waals surface area contributed by atoms with Gasteiger partial charge in [-0.2, -0.15) is 10.2 Å². The van der Waals surface area contributed by atoms with E-state index in [-0.39, 0.29) is 17.5 Å². The van der Waals surface area contributed by atoms with Crippen LogP contribution in [0.4, 0.5) is 0 Å². The van der Waals surface area contributed by atoms with Gasteiger partial charge in [0.1, 0.15) is 5.56 Å². The van der Waals surface area contributed by atoms with Gasteiger partial charge < -0.3 is 10.4 Å². The number of aromatic nitrogens is 4. The van der Waals surface area contributed by atoms with Gasteiger partial charge in [0.15, 0.2) is 5.82 Å². The Kier molecular flexibility index (Phi) is 4.18. The molecule has 7 heteroatoms. The Labute approximate surface area is 171 Å². The molecule has 3 bridgehead atoms. The van der Waals surface area contributed by atoms with Crippen LogP contribution in [0.25, 0.3) is 5.82 Å². The lowest BCUT2D eigenvalue weighted by atomic mass is 9.76. The third-order valence-electron chi connectivity index (χ3n) is 7.26. The molecule has 5 unspecified atom stereocenters. The van der Waals surface area contributed by atoms with Gasteiger partial charge in [0.05, 0.1) is 17.3 Å². The molecule has 0 saturated heterocycles. The van der Waals surface area contributed by atoms with E-state index in [0.29, 0.717) is 29.1 Å². The van der Waals surface area contributed by atoms with Crippen LogP contribution in [0.15, 0.2) is 24.7 Å². The second kappa shape index (κ2) is 6.42. The van der Waals surface area contributed by atoms with E-state index < -0.39 is 5.60 Å². The SMILES string of the molecule is CC(C)(C)n1ncc(C(=O)NC2CCC3(O)CC4CC(C3)C2C4)c1-n1cccn1. The molecule has 29 heavy (non-hydrogen) atoms. The van der Waals surface area contributed by atoms with E-state index >= 15 is 0 Å². The zero-order valence-electron chi connectivity index (χ0n) is 17.5. The molecule has 1 amide bonds. The van der Waals surface area contributed by atoms with E-state index in [4.69, 9.17) is 0 Å². The number of carbonyl (C=O) groups excluding carboxylic acids is 1. The average molecular weight is 398 g/mol. The minimum absolute atomic E-state index is 0.0933. The van der Waals surface area contributed by atoms with Crippen molar-refractivity contribution in [2.75, 3.05) is 0 Å². The van der Waals surface area contributed by atoms with Gasteiger partial charge in [-0.05, 0) is 83.1 Å². The second-order valence-electron chi connectivity index (χ2n) is 10.4. The summed E-state index contributed by atoms with van der Waals surface area (Å²) >= 11 is 0. The molecule has 2 heterocycles. The van der Waals surface area contributed by atoms with E-state index in [1.807, 2.05) is 16.9 Å². The van der Waals surface area contributed by atoms with Crippen molar-refractivity contribution in [3.63, 3.8) is 0 Å². The molecular formula is C22H31N5O2. The van der Waals surface area contributed by atoms with Gasteiger partial charge in [-0.15, -0.1) is 0 Å². The average Bonchev–Trinajstić information content (AvgIpc) is 3.34. The smallest absolute Gasteiger partial charge is 0.256 e. The van der Waals surface area contributed by atoms with Crippen molar-refractivity contribution >= 4 is 5.91 Å². The number of hydrogen-bond donors (Lipinski definition) is 2. The number of fused-ring (bicyclic) bond motifs is 2. The topological polar surface area (TPSA) is 85.0 Å². The predicted molar refractivity (Wildman–Crippen MR) is 109 cm³/mol. The zero-order valence-corrected chi connectivity index (χ0v) is 17.5. The number of nitrogens with zero attached hydrogens (tertiary/aromatic N) is 4. The first kappa shape index (κ1) is 18.9. The molecule has 2 aromatic heterocycles. The zero-order chi connectivity index (χ0) is 20.4. The molecule has 156 valence electrons. The molecule has 2 N–H and O–H groups in total. The van der Waals surface area contributed by atoms with E-state index in [2.05, 4.69) is 36.3 Å². The number of amides is 1. The van der Waals surface area contributed by atoms with Crippen LogP contribution in [-0.4, -0.2) is 42.2 Å². The molecule has 3 saturated carbocycles. The molecule has 5 atom stereocenters. The maximum atomic E-state index is 13.4. The maximum Gasteiger partial charge on any atom is 0.256 e. The number of hydrogen-bond acceptors (Lipinski definition) is 4. The van der Waals surface area contributed by atoms with Gasteiger partial charge in [0, 0.05) is 18.4 Å². The Morgan fingerprint density at radius 3 is 2.83 bits per heavy atom. The van der Waals surface area contributed by atoms with Gasteiger partial charge >= 0.3 is 0 Å². The molecular weight excluding hydrogens is 366 g/mol. The minimum atomic E-state index is -0.515. The second-order valence-corrected chi connectivity index (χ2v) is 10.4. The van der Waals surface area contributed by atoms with E-state index in [1.54, 1.807) is 17.1 Å². The maximum absolute atomic E-state index is 13.4. The van der Waals surface area contributed by atoms with Gasteiger partial charge in [0.25, 0.3) is 5.91 Å². The molecule has 0 radical (unpaired) electrons. The molecule has 3 aliphatic rings. The summed E-state index contributed by atoms with van der Waals surface area (Å²) in [5.74, 6) is 2.23. The highest BCUT2D eigenvalue weighted by molar-refractivity contribution is 5.97. The van der Waals surface area contributed by atoms with Gasteiger partial charge in [-0.25, -0.2) is 9.36 Å². The van der Waals surface area contributed by atoms with Crippen LogP contribution in [0, 0.1) is 17.8 Å². The molecule has 2 aromatic rings. The molecule has 7 nitrogen and oxygen atoms in total. The fourth-order valence-electron chi connectivity index (χ4n) is 6.15. The van der Waals surface area contributed by atoms with Crippen molar-refractivity contribution in [3.05, 3.63) is 30.2 Å². The molecule has 0 aliphatic heterocycles. The molecule has 3 aliphatic carbocycles. The first-order valence-electron chi connectivity index (χ1n) is 10.9.